The van der Waals surface area contributed by atoms with Gasteiger partial charge in [-0.05, 0) is 24.1 Å². The molecule has 4 nitrogen and oxygen atoms in total. The number of benzene rings is 1. The van der Waals surface area contributed by atoms with Crippen molar-refractivity contribution in [3.8, 4) is 0 Å². The van der Waals surface area contributed by atoms with E-state index in [1.54, 1.807) is 12.1 Å². The quantitative estimate of drug-likeness (QED) is 0.834. The van der Waals surface area contributed by atoms with E-state index in [1.165, 1.54) is 0 Å². The van der Waals surface area contributed by atoms with Crippen molar-refractivity contribution < 1.29 is 14.7 Å². The molecule has 2 N–H and O–H groups in total. The first-order valence-electron chi connectivity index (χ1n) is 5.79. The first kappa shape index (κ1) is 14.5. The van der Waals surface area contributed by atoms with E-state index in [0.29, 0.717) is 5.02 Å². The second-order valence-electron chi connectivity index (χ2n) is 3.98. The maximum absolute atomic E-state index is 11.6. The fourth-order valence-corrected chi connectivity index (χ4v) is 1.83. The van der Waals surface area contributed by atoms with E-state index in [1.807, 2.05) is 19.1 Å². The van der Waals surface area contributed by atoms with Crippen LogP contribution in [0.1, 0.15) is 37.8 Å². The summed E-state index contributed by atoms with van der Waals surface area (Å²) in [4.78, 5) is 21.9. The minimum absolute atomic E-state index is 0.00754. The Labute approximate surface area is 111 Å². The van der Waals surface area contributed by atoms with Gasteiger partial charge in [0.2, 0.25) is 5.91 Å². The number of hydrogen-bond donors (Lipinski definition) is 2. The molecule has 1 atom stereocenters. The first-order valence-corrected chi connectivity index (χ1v) is 6.17. The Hall–Kier alpha value is -1.55. The van der Waals surface area contributed by atoms with Gasteiger partial charge in [0, 0.05) is 11.4 Å². The van der Waals surface area contributed by atoms with E-state index >= 15 is 0 Å². The van der Waals surface area contributed by atoms with E-state index in [4.69, 9.17) is 16.7 Å². The van der Waals surface area contributed by atoms with Crippen LogP contribution in [0.5, 0.6) is 0 Å². The molecule has 0 aliphatic heterocycles. The van der Waals surface area contributed by atoms with Crippen molar-refractivity contribution in [1.29, 1.82) is 0 Å². The molecule has 18 heavy (non-hydrogen) atoms. The molecule has 0 spiro atoms. The second-order valence-corrected chi connectivity index (χ2v) is 4.41. The van der Waals surface area contributed by atoms with Crippen LogP contribution in [0.4, 0.5) is 0 Å². The number of nitrogens with one attached hydrogen (secondary N) is 1. The zero-order valence-corrected chi connectivity index (χ0v) is 10.9. The molecule has 98 valence electrons. The van der Waals surface area contributed by atoms with Gasteiger partial charge < -0.3 is 10.4 Å². The highest BCUT2D eigenvalue weighted by Crippen LogP contribution is 2.20. The van der Waals surface area contributed by atoms with Crippen molar-refractivity contribution in [2.75, 3.05) is 0 Å². The molecule has 5 heteroatoms. The molecule has 1 amide bonds. The summed E-state index contributed by atoms with van der Waals surface area (Å²) in [6.07, 6.45) is 0.559. The van der Waals surface area contributed by atoms with Gasteiger partial charge in [-0.3, -0.25) is 9.59 Å². The standard InChI is InChI=1S/C13H16ClNO3/c1-2-11(9-4-3-5-10(14)8-9)15-12(16)6-7-13(17)18/h3-5,8,11H,2,6-7H2,1H3,(H,15,16)(H,17,18). The highest BCUT2D eigenvalue weighted by Gasteiger charge is 2.13. The minimum atomic E-state index is -0.971. The van der Waals surface area contributed by atoms with Crippen molar-refractivity contribution in [2.45, 2.75) is 32.2 Å². The van der Waals surface area contributed by atoms with Crippen molar-refractivity contribution in [1.82, 2.24) is 5.32 Å². The lowest BCUT2D eigenvalue weighted by molar-refractivity contribution is -0.138. The highest BCUT2D eigenvalue weighted by molar-refractivity contribution is 6.30. The average Bonchev–Trinajstić information content (AvgIpc) is 2.33. The summed E-state index contributed by atoms with van der Waals surface area (Å²) in [5, 5.41) is 11.9. The zero-order chi connectivity index (χ0) is 13.5. The number of aliphatic carboxylic acids is 1. The predicted molar refractivity (Wildman–Crippen MR) is 69.5 cm³/mol. The lowest BCUT2D eigenvalue weighted by Crippen LogP contribution is -2.28. The molecule has 0 saturated heterocycles. The maximum atomic E-state index is 11.6. The van der Waals surface area contributed by atoms with Gasteiger partial charge in [0.05, 0.1) is 12.5 Å². The summed E-state index contributed by atoms with van der Waals surface area (Å²) >= 11 is 5.89. The van der Waals surface area contributed by atoms with Gasteiger partial charge in [0.25, 0.3) is 0 Å². The van der Waals surface area contributed by atoms with E-state index < -0.39 is 5.97 Å². The molecule has 0 aliphatic rings. The van der Waals surface area contributed by atoms with Gasteiger partial charge in [0.1, 0.15) is 0 Å². The number of carboxylic acid groups (broad SMARTS) is 1. The smallest absolute Gasteiger partial charge is 0.303 e. The minimum Gasteiger partial charge on any atom is -0.481 e. The Balaban J connectivity index is 2.62. The summed E-state index contributed by atoms with van der Waals surface area (Å²) in [6, 6.07) is 7.14. The fourth-order valence-electron chi connectivity index (χ4n) is 1.63. The molecule has 1 aromatic rings. The first-order chi connectivity index (χ1) is 8.52. The Bertz CT molecular complexity index is 434. The van der Waals surface area contributed by atoms with E-state index in [9.17, 15) is 9.59 Å². The average molecular weight is 270 g/mol. The fraction of sp³-hybridized carbons (Fsp3) is 0.385. The molecule has 1 unspecified atom stereocenters. The third kappa shape index (κ3) is 4.75. The summed E-state index contributed by atoms with van der Waals surface area (Å²) < 4.78 is 0. The Morgan fingerprint density at radius 2 is 2.11 bits per heavy atom. The molecule has 0 aromatic heterocycles. The van der Waals surface area contributed by atoms with E-state index in [2.05, 4.69) is 5.32 Å². The van der Waals surface area contributed by atoms with Crippen LogP contribution in [0.3, 0.4) is 0 Å². The van der Waals surface area contributed by atoms with Crippen LogP contribution in [0.2, 0.25) is 5.02 Å². The SMILES string of the molecule is CCC(NC(=O)CCC(=O)O)c1cccc(Cl)c1. The molecule has 1 aromatic carbocycles. The van der Waals surface area contributed by atoms with Gasteiger partial charge >= 0.3 is 5.97 Å². The van der Waals surface area contributed by atoms with Crippen molar-refractivity contribution in [2.24, 2.45) is 0 Å². The second kappa shape index (κ2) is 7.01. The van der Waals surface area contributed by atoms with Crippen molar-refractivity contribution in [3.05, 3.63) is 34.9 Å². The number of rotatable bonds is 6. The van der Waals surface area contributed by atoms with Gasteiger partial charge in [-0.15, -0.1) is 0 Å². The molecule has 0 heterocycles. The molecule has 0 bridgehead atoms. The van der Waals surface area contributed by atoms with Gasteiger partial charge in [-0.25, -0.2) is 0 Å². The molecule has 0 fully saturated rings. The van der Waals surface area contributed by atoms with Crippen LogP contribution in [0.15, 0.2) is 24.3 Å². The van der Waals surface area contributed by atoms with E-state index in [0.717, 1.165) is 12.0 Å². The van der Waals surface area contributed by atoms with Crippen LogP contribution >= 0.6 is 11.6 Å². The van der Waals surface area contributed by atoms with E-state index in [-0.39, 0.29) is 24.8 Å². The number of halogens is 1. The Morgan fingerprint density at radius 3 is 2.67 bits per heavy atom. The van der Waals surface area contributed by atoms with Crippen LogP contribution in [-0.2, 0) is 9.59 Å². The normalized spacial score (nSPS) is 11.9. The number of carbonyl (C=O) groups excluding carboxylic acids is 1. The molecule has 1 rings (SSSR count). The Morgan fingerprint density at radius 1 is 1.39 bits per heavy atom. The maximum Gasteiger partial charge on any atom is 0.303 e. The predicted octanol–water partition coefficient (Wildman–Crippen LogP) is 2.77. The lowest BCUT2D eigenvalue weighted by Gasteiger charge is -2.17. The third-order valence-electron chi connectivity index (χ3n) is 2.56. The highest BCUT2D eigenvalue weighted by atomic mass is 35.5. The summed E-state index contributed by atoms with van der Waals surface area (Å²) in [7, 11) is 0. The topological polar surface area (TPSA) is 66.4 Å². The number of carbonyl (C=O) groups is 2. The number of amides is 1. The van der Waals surface area contributed by atoms with Crippen LogP contribution in [0, 0.1) is 0 Å². The largest absolute Gasteiger partial charge is 0.481 e. The van der Waals surface area contributed by atoms with Crippen molar-refractivity contribution in [3.63, 3.8) is 0 Å². The summed E-state index contributed by atoms with van der Waals surface area (Å²) in [5.74, 6) is -1.23. The van der Waals surface area contributed by atoms with Crippen molar-refractivity contribution >= 4 is 23.5 Å². The van der Waals surface area contributed by atoms with Crippen LogP contribution < -0.4 is 5.32 Å². The molecule has 0 aliphatic carbocycles. The van der Waals surface area contributed by atoms with Gasteiger partial charge in [0.15, 0.2) is 0 Å². The van der Waals surface area contributed by atoms with Crippen LogP contribution in [0.25, 0.3) is 0 Å². The lowest BCUT2D eigenvalue weighted by atomic mass is 10.0. The Kier molecular flexibility index (Phi) is 5.65. The third-order valence-corrected chi connectivity index (χ3v) is 2.80. The summed E-state index contributed by atoms with van der Waals surface area (Å²) in [5.41, 5.74) is 0.925. The van der Waals surface area contributed by atoms with Gasteiger partial charge in [-0.2, -0.15) is 0 Å². The molecule has 0 radical (unpaired) electrons. The number of carboxylic acids is 1. The molecule has 0 saturated carbocycles. The monoisotopic (exact) mass is 269 g/mol. The molecular weight excluding hydrogens is 254 g/mol. The zero-order valence-electron chi connectivity index (χ0n) is 10.1. The van der Waals surface area contributed by atoms with Crippen LogP contribution in [-0.4, -0.2) is 17.0 Å². The summed E-state index contributed by atoms with van der Waals surface area (Å²) in [6.45, 7) is 1.95. The number of hydrogen-bond acceptors (Lipinski definition) is 2. The van der Waals surface area contributed by atoms with Gasteiger partial charge in [-0.1, -0.05) is 30.7 Å². The molecular formula is C13H16ClNO3.